The fraction of sp³-hybridized carbons (Fsp3) is 0.100. The maximum absolute atomic E-state index is 10.8. The molecule has 2 rings (SSSR count). The molecule has 2 aromatic heterocycles. The summed E-state index contributed by atoms with van der Waals surface area (Å²) in [5.74, 6) is -0.109. The van der Waals surface area contributed by atoms with Crippen LogP contribution in [0.4, 0.5) is 5.69 Å². The second-order valence-corrected chi connectivity index (χ2v) is 2.95. The zero-order valence-corrected chi connectivity index (χ0v) is 7.69. The lowest BCUT2D eigenvalue weighted by Gasteiger charge is -2.01. The predicted octanol–water partition coefficient (Wildman–Crippen LogP) is 1.59. The van der Waals surface area contributed by atoms with Crippen molar-refractivity contribution in [3.8, 4) is 0 Å². The van der Waals surface area contributed by atoms with E-state index in [1.807, 2.05) is 12.1 Å². The standard InChI is InChI=1S/C10H9N3O/c1-7(14)13-8-5-10-9(12-6-8)3-2-4-11-10/h2-6H,1H3,(H,13,14). The molecule has 2 aromatic rings. The van der Waals surface area contributed by atoms with E-state index >= 15 is 0 Å². The molecule has 0 aliphatic heterocycles. The minimum Gasteiger partial charge on any atom is -0.325 e. The molecule has 0 atom stereocenters. The van der Waals surface area contributed by atoms with Gasteiger partial charge in [-0.1, -0.05) is 0 Å². The first kappa shape index (κ1) is 8.62. The van der Waals surface area contributed by atoms with E-state index in [0.717, 1.165) is 11.0 Å². The maximum Gasteiger partial charge on any atom is 0.221 e. The van der Waals surface area contributed by atoms with Gasteiger partial charge in [-0.2, -0.15) is 0 Å². The molecule has 14 heavy (non-hydrogen) atoms. The van der Waals surface area contributed by atoms with Gasteiger partial charge in [-0.3, -0.25) is 14.8 Å². The van der Waals surface area contributed by atoms with Gasteiger partial charge in [0.2, 0.25) is 5.91 Å². The van der Waals surface area contributed by atoms with Gasteiger partial charge in [-0.25, -0.2) is 0 Å². The summed E-state index contributed by atoms with van der Waals surface area (Å²) in [4.78, 5) is 19.1. The zero-order valence-electron chi connectivity index (χ0n) is 7.69. The summed E-state index contributed by atoms with van der Waals surface area (Å²) >= 11 is 0. The van der Waals surface area contributed by atoms with Crippen LogP contribution in [-0.2, 0) is 4.79 Å². The van der Waals surface area contributed by atoms with Crippen LogP contribution < -0.4 is 5.32 Å². The van der Waals surface area contributed by atoms with E-state index in [2.05, 4.69) is 15.3 Å². The maximum atomic E-state index is 10.8. The molecule has 0 saturated carbocycles. The molecule has 0 fully saturated rings. The van der Waals surface area contributed by atoms with Crippen LogP contribution in [0.3, 0.4) is 0 Å². The molecule has 0 unspecified atom stereocenters. The monoisotopic (exact) mass is 187 g/mol. The number of hydrogen-bond donors (Lipinski definition) is 1. The van der Waals surface area contributed by atoms with Crippen molar-refractivity contribution in [1.29, 1.82) is 0 Å². The Kier molecular flexibility index (Phi) is 2.10. The summed E-state index contributed by atoms with van der Waals surface area (Å²) < 4.78 is 0. The number of nitrogens with one attached hydrogen (secondary N) is 1. The second-order valence-electron chi connectivity index (χ2n) is 2.95. The lowest BCUT2D eigenvalue weighted by Crippen LogP contribution is -2.05. The smallest absolute Gasteiger partial charge is 0.221 e. The molecule has 0 aliphatic carbocycles. The van der Waals surface area contributed by atoms with E-state index in [-0.39, 0.29) is 5.91 Å². The largest absolute Gasteiger partial charge is 0.325 e. The van der Waals surface area contributed by atoms with Crippen molar-refractivity contribution in [2.45, 2.75) is 6.92 Å². The molecule has 1 amide bonds. The van der Waals surface area contributed by atoms with Gasteiger partial charge in [0, 0.05) is 13.1 Å². The van der Waals surface area contributed by atoms with Crippen molar-refractivity contribution in [3.63, 3.8) is 0 Å². The lowest BCUT2D eigenvalue weighted by atomic mass is 10.3. The third kappa shape index (κ3) is 1.69. The van der Waals surface area contributed by atoms with E-state index in [1.54, 1.807) is 18.5 Å². The van der Waals surface area contributed by atoms with Crippen molar-refractivity contribution in [2.75, 3.05) is 5.32 Å². The minimum absolute atomic E-state index is 0.109. The summed E-state index contributed by atoms with van der Waals surface area (Å²) in [5, 5.41) is 2.66. The number of aromatic nitrogens is 2. The molecule has 0 saturated heterocycles. The first-order valence-corrected chi connectivity index (χ1v) is 4.24. The molecule has 0 bridgehead atoms. The normalized spacial score (nSPS) is 10.1. The SMILES string of the molecule is CC(=O)Nc1cnc2cccnc2c1. The number of hydrogen-bond acceptors (Lipinski definition) is 3. The highest BCUT2D eigenvalue weighted by molar-refractivity contribution is 5.90. The van der Waals surface area contributed by atoms with E-state index < -0.39 is 0 Å². The Morgan fingerprint density at radius 2 is 2.21 bits per heavy atom. The van der Waals surface area contributed by atoms with Gasteiger partial charge in [-0.05, 0) is 18.2 Å². The zero-order chi connectivity index (χ0) is 9.97. The fourth-order valence-corrected chi connectivity index (χ4v) is 1.22. The highest BCUT2D eigenvalue weighted by Gasteiger charge is 1.98. The van der Waals surface area contributed by atoms with Gasteiger partial charge >= 0.3 is 0 Å². The molecule has 4 nitrogen and oxygen atoms in total. The summed E-state index contributed by atoms with van der Waals surface area (Å²) in [7, 11) is 0. The molecule has 0 radical (unpaired) electrons. The van der Waals surface area contributed by atoms with Gasteiger partial charge in [-0.15, -0.1) is 0 Å². The molecule has 4 heteroatoms. The fourth-order valence-electron chi connectivity index (χ4n) is 1.22. The van der Waals surface area contributed by atoms with Gasteiger partial charge < -0.3 is 5.32 Å². The highest BCUT2D eigenvalue weighted by atomic mass is 16.1. The average Bonchev–Trinajstić information content (AvgIpc) is 2.17. The Hall–Kier alpha value is -1.97. The first-order chi connectivity index (χ1) is 6.75. The molecule has 1 N–H and O–H groups in total. The predicted molar refractivity (Wildman–Crippen MR) is 53.8 cm³/mol. The number of nitrogens with zero attached hydrogens (tertiary/aromatic N) is 2. The van der Waals surface area contributed by atoms with Crippen molar-refractivity contribution < 1.29 is 4.79 Å². The van der Waals surface area contributed by atoms with Gasteiger partial charge in [0.1, 0.15) is 0 Å². The van der Waals surface area contributed by atoms with E-state index in [4.69, 9.17) is 0 Å². The quantitative estimate of drug-likeness (QED) is 0.737. The van der Waals surface area contributed by atoms with Gasteiger partial charge in [0.05, 0.1) is 22.9 Å². The third-order valence-corrected chi connectivity index (χ3v) is 1.77. The number of amides is 1. The van der Waals surface area contributed by atoms with Crippen LogP contribution in [0.1, 0.15) is 6.92 Å². The van der Waals surface area contributed by atoms with Gasteiger partial charge in [0.15, 0.2) is 0 Å². The Morgan fingerprint density at radius 1 is 1.36 bits per heavy atom. The van der Waals surface area contributed by atoms with Crippen LogP contribution in [0.5, 0.6) is 0 Å². The second kappa shape index (κ2) is 3.41. The molecular weight excluding hydrogens is 178 g/mol. The summed E-state index contributed by atoms with van der Waals surface area (Å²) in [6.45, 7) is 1.46. The van der Waals surface area contributed by atoms with Crippen LogP contribution in [0.25, 0.3) is 11.0 Å². The Morgan fingerprint density at radius 3 is 3.00 bits per heavy atom. The highest BCUT2D eigenvalue weighted by Crippen LogP contribution is 2.13. The molecule has 0 spiro atoms. The molecular formula is C10H9N3O. The van der Waals surface area contributed by atoms with Crippen molar-refractivity contribution >= 4 is 22.6 Å². The molecule has 70 valence electrons. The van der Waals surface area contributed by atoms with E-state index in [1.165, 1.54) is 6.92 Å². The number of carbonyl (C=O) groups is 1. The van der Waals surface area contributed by atoms with Crippen LogP contribution in [0.2, 0.25) is 0 Å². The van der Waals surface area contributed by atoms with Gasteiger partial charge in [0.25, 0.3) is 0 Å². The molecule has 0 aromatic carbocycles. The average molecular weight is 187 g/mol. The Labute approximate surface area is 81.0 Å². The number of pyridine rings is 2. The topological polar surface area (TPSA) is 54.9 Å². The first-order valence-electron chi connectivity index (χ1n) is 4.24. The molecule has 0 aliphatic rings. The summed E-state index contributed by atoms with van der Waals surface area (Å²) in [6, 6.07) is 5.50. The summed E-state index contributed by atoms with van der Waals surface area (Å²) in [5.41, 5.74) is 2.27. The molecule has 2 heterocycles. The number of anilines is 1. The van der Waals surface area contributed by atoms with Crippen LogP contribution in [0, 0.1) is 0 Å². The van der Waals surface area contributed by atoms with Crippen LogP contribution in [0.15, 0.2) is 30.6 Å². The van der Waals surface area contributed by atoms with E-state index in [0.29, 0.717) is 5.69 Å². The van der Waals surface area contributed by atoms with E-state index in [9.17, 15) is 4.79 Å². The van der Waals surface area contributed by atoms with Crippen molar-refractivity contribution in [3.05, 3.63) is 30.6 Å². The van der Waals surface area contributed by atoms with Crippen molar-refractivity contribution in [1.82, 2.24) is 9.97 Å². The lowest BCUT2D eigenvalue weighted by molar-refractivity contribution is -0.114. The minimum atomic E-state index is -0.109. The van der Waals surface area contributed by atoms with Crippen LogP contribution >= 0.6 is 0 Å². The third-order valence-electron chi connectivity index (χ3n) is 1.77. The number of carbonyl (C=O) groups excluding carboxylic acids is 1. The Bertz CT molecular complexity index is 482. The van der Waals surface area contributed by atoms with Crippen molar-refractivity contribution in [2.24, 2.45) is 0 Å². The Balaban J connectivity index is 2.46. The van der Waals surface area contributed by atoms with Crippen LogP contribution in [-0.4, -0.2) is 15.9 Å². The number of fused-ring (bicyclic) bond motifs is 1. The number of rotatable bonds is 1. The summed E-state index contributed by atoms with van der Waals surface area (Å²) in [6.07, 6.45) is 3.31.